The first kappa shape index (κ1) is 31.2. The SMILES string of the molecule is COCO[C@@H]1C[C@@H](OC[C@H]2O[C@@H]3OC(C)(C)O[C@@H]3[C@H]3OC(C)(C)O[C@H]32)O[C@@H]2CO[Si](C(C)(C)C)(C(C)(C)C)O[C@H]12. The van der Waals surface area contributed by atoms with Crippen LogP contribution in [0.2, 0.25) is 10.1 Å². The first-order valence-corrected chi connectivity index (χ1v) is 16.3. The fourth-order valence-electron chi connectivity index (χ4n) is 6.97. The van der Waals surface area contributed by atoms with E-state index in [2.05, 4.69) is 41.5 Å². The summed E-state index contributed by atoms with van der Waals surface area (Å²) < 4.78 is 68.8. The van der Waals surface area contributed by atoms with Gasteiger partial charge in [-0.15, -0.1) is 0 Å². The lowest BCUT2D eigenvalue weighted by molar-refractivity contribution is -0.298. The van der Waals surface area contributed by atoms with Crippen LogP contribution in [0.4, 0.5) is 0 Å². The minimum atomic E-state index is -2.71. The molecule has 9 atom stereocenters. The van der Waals surface area contributed by atoms with E-state index in [1.165, 1.54) is 0 Å². The van der Waals surface area contributed by atoms with Gasteiger partial charge >= 0.3 is 8.56 Å². The van der Waals surface area contributed by atoms with Gasteiger partial charge < -0.3 is 51.5 Å². The quantitative estimate of drug-likeness (QED) is 0.332. The number of ether oxygens (including phenoxy) is 9. The van der Waals surface area contributed by atoms with E-state index in [1.54, 1.807) is 7.11 Å². The highest BCUT2D eigenvalue weighted by atomic mass is 28.4. The molecule has 0 aromatic rings. The predicted molar refractivity (Wildman–Crippen MR) is 145 cm³/mol. The van der Waals surface area contributed by atoms with Crippen molar-refractivity contribution in [3.05, 3.63) is 0 Å². The van der Waals surface area contributed by atoms with Crippen molar-refractivity contribution in [2.75, 3.05) is 27.1 Å². The molecule has 5 saturated heterocycles. The highest BCUT2D eigenvalue weighted by Crippen LogP contribution is 2.55. The van der Waals surface area contributed by atoms with Crippen LogP contribution >= 0.6 is 0 Å². The molecule has 11 nitrogen and oxygen atoms in total. The lowest BCUT2D eigenvalue weighted by Crippen LogP contribution is -2.69. The van der Waals surface area contributed by atoms with E-state index in [9.17, 15) is 0 Å². The molecule has 5 aliphatic rings. The normalized spacial score (nSPS) is 42.2. The van der Waals surface area contributed by atoms with Crippen LogP contribution in [0.5, 0.6) is 0 Å². The number of hydrogen-bond acceptors (Lipinski definition) is 11. The van der Waals surface area contributed by atoms with Crippen LogP contribution in [-0.2, 0) is 51.5 Å². The molecule has 5 rings (SSSR count). The van der Waals surface area contributed by atoms with Crippen LogP contribution in [0, 0.1) is 0 Å². The molecule has 0 bridgehead atoms. The Morgan fingerprint density at radius 2 is 1.40 bits per heavy atom. The smallest absolute Gasteiger partial charge is 0.349 e. The van der Waals surface area contributed by atoms with Crippen molar-refractivity contribution in [1.29, 1.82) is 0 Å². The molecule has 0 spiro atoms. The van der Waals surface area contributed by atoms with Gasteiger partial charge in [0.25, 0.3) is 0 Å². The van der Waals surface area contributed by atoms with Crippen molar-refractivity contribution in [2.45, 2.75) is 153 Å². The maximum absolute atomic E-state index is 6.97. The number of methoxy groups -OCH3 is 1. The second kappa shape index (κ2) is 10.7. The predicted octanol–water partition coefficient (Wildman–Crippen LogP) is 3.96. The largest absolute Gasteiger partial charge is 0.391 e. The lowest BCUT2D eigenvalue weighted by atomic mass is 9.99. The number of fused-ring (bicyclic) bond motifs is 4. The fraction of sp³-hybridized carbons (Fsp3) is 1.00. The van der Waals surface area contributed by atoms with E-state index in [4.69, 9.17) is 51.5 Å². The maximum atomic E-state index is 6.97. The Balaban J connectivity index is 1.29. The van der Waals surface area contributed by atoms with Crippen LogP contribution in [0.1, 0.15) is 75.7 Å². The van der Waals surface area contributed by atoms with Gasteiger partial charge in [0.05, 0.1) is 19.3 Å². The van der Waals surface area contributed by atoms with Crippen molar-refractivity contribution >= 4 is 8.56 Å². The van der Waals surface area contributed by atoms with Crippen molar-refractivity contribution in [3.63, 3.8) is 0 Å². The van der Waals surface area contributed by atoms with Gasteiger partial charge in [0.2, 0.25) is 0 Å². The molecule has 5 fully saturated rings. The Morgan fingerprint density at radius 1 is 0.775 bits per heavy atom. The van der Waals surface area contributed by atoms with Crippen LogP contribution in [0.15, 0.2) is 0 Å². The summed E-state index contributed by atoms with van der Waals surface area (Å²) in [5.74, 6) is -1.55. The van der Waals surface area contributed by atoms with Gasteiger partial charge in [0, 0.05) is 23.6 Å². The van der Waals surface area contributed by atoms with Gasteiger partial charge in [-0.3, -0.25) is 0 Å². The average Bonchev–Trinajstić information content (AvgIpc) is 3.32. The Kier molecular flexibility index (Phi) is 8.38. The summed E-state index contributed by atoms with van der Waals surface area (Å²) >= 11 is 0. The first-order chi connectivity index (χ1) is 18.5. The van der Waals surface area contributed by atoms with Crippen molar-refractivity contribution in [1.82, 2.24) is 0 Å². The van der Waals surface area contributed by atoms with Gasteiger partial charge in [0.1, 0.15) is 43.4 Å². The Morgan fingerprint density at radius 3 is 2.05 bits per heavy atom. The van der Waals surface area contributed by atoms with Crippen LogP contribution in [-0.4, -0.2) is 103 Å². The van der Waals surface area contributed by atoms with Gasteiger partial charge in [0.15, 0.2) is 24.2 Å². The van der Waals surface area contributed by atoms with E-state index in [0.29, 0.717) is 13.0 Å². The van der Waals surface area contributed by atoms with Crippen LogP contribution in [0.3, 0.4) is 0 Å². The highest BCUT2D eigenvalue weighted by Gasteiger charge is 2.64. The molecule has 0 aromatic carbocycles. The van der Waals surface area contributed by atoms with Crippen molar-refractivity contribution < 1.29 is 51.5 Å². The second-order valence-corrected chi connectivity index (χ2v) is 19.3. The van der Waals surface area contributed by atoms with E-state index >= 15 is 0 Å². The topological polar surface area (TPSA) is 102 Å². The van der Waals surface area contributed by atoms with Crippen LogP contribution in [0.25, 0.3) is 0 Å². The van der Waals surface area contributed by atoms with Gasteiger partial charge in [-0.05, 0) is 27.7 Å². The third-order valence-electron chi connectivity index (χ3n) is 8.31. The highest BCUT2D eigenvalue weighted by molar-refractivity contribution is 6.73. The fourth-order valence-corrected chi connectivity index (χ4v) is 11.9. The molecule has 0 aliphatic carbocycles. The molecule has 232 valence electrons. The molecule has 0 aromatic heterocycles. The third-order valence-corrected chi connectivity index (χ3v) is 13.4. The molecular formula is C28H50O11Si. The third kappa shape index (κ3) is 5.81. The molecule has 0 radical (unpaired) electrons. The van der Waals surface area contributed by atoms with Gasteiger partial charge in [-0.2, -0.15) is 0 Å². The summed E-state index contributed by atoms with van der Waals surface area (Å²) in [5.41, 5.74) is 0. The molecule has 0 N–H and O–H groups in total. The van der Waals surface area contributed by atoms with E-state index in [0.717, 1.165) is 0 Å². The molecular weight excluding hydrogens is 540 g/mol. The zero-order valence-electron chi connectivity index (χ0n) is 26.0. The summed E-state index contributed by atoms with van der Waals surface area (Å²) in [4.78, 5) is 0. The molecule has 0 amide bonds. The van der Waals surface area contributed by atoms with Gasteiger partial charge in [-0.1, -0.05) is 41.5 Å². The number of hydrogen-bond donors (Lipinski definition) is 0. The second-order valence-electron chi connectivity index (χ2n) is 14.5. The maximum Gasteiger partial charge on any atom is 0.349 e. The van der Waals surface area contributed by atoms with E-state index in [-0.39, 0.29) is 60.1 Å². The summed E-state index contributed by atoms with van der Waals surface area (Å²) in [7, 11) is -1.10. The summed E-state index contributed by atoms with van der Waals surface area (Å²) in [6.45, 7) is 21.5. The zero-order valence-corrected chi connectivity index (χ0v) is 27.0. The average molecular weight is 591 g/mol. The first-order valence-electron chi connectivity index (χ1n) is 14.5. The zero-order chi connectivity index (χ0) is 29.3. The Bertz CT molecular complexity index is 886. The Hall–Kier alpha value is -0.223. The summed E-state index contributed by atoms with van der Waals surface area (Å²) in [6.07, 6.45) is -3.11. The standard InChI is InChI=1S/C28H50O11Si/c1-25(2,3)40(26(4,5)6)32-14-18-20(39-40)16(31-15-29-11)12-19(33-18)30-13-17-21-22(36-27(7,8)35-21)23-24(34-17)38-28(9,10)37-23/h16-24H,12-15H2,1-11H3/t16-,17-,18-,19+,20-,21+,22+,23-,24-/m1/s1. The van der Waals surface area contributed by atoms with E-state index in [1.807, 2.05) is 27.7 Å². The van der Waals surface area contributed by atoms with Crippen molar-refractivity contribution in [3.8, 4) is 0 Å². The molecule has 5 aliphatic heterocycles. The monoisotopic (exact) mass is 590 g/mol. The lowest BCUT2D eigenvalue weighted by Gasteiger charge is -2.57. The molecule has 5 heterocycles. The molecule has 0 unspecified atom stereocenters. The molecule has 0 saturated carbocycles. The van der Waals surface area contributed by atoms with Gasteiger partial charge in [-0.25, -0.2) is 0 Å². The number of rotatable bonds is 6. The van der Waals surface area contributed by atoms with Crippen LogP contribution < -0.4 is 0 Å². The summed E-state index contributed by atoms with van der Waals surface area (Å²) in [5, 5.41) is -0.306. The Labute approximate surface area is 239 Å². The molecule has 40 heavy (non-hydrogen) atoms. The minimum absolute atomic E-state index is 0.149. The molecule has 12 heteroatoms. The minimum Gasteiger partial charge on any atom is -0.391 e. The van der Waals surface area contributed by atoms with Crippen molar-refractivity contribution in [2.24, 2.45) is 0 Å². The summed E-state index contributed by atoms with van der Waals surface area (Å²) in [6, 6.07) is 0. The van der Waals surface area contributed by atoms with E-state index < -0.39 is 38.8 Å².